The number of nitrogens with zero attached hydrogens (tertiary/aromatic N) is 2. The standard InChI is InChI=1S/C53H79N17O9/c54-22-21-39-48(76)68-40(26-31-12-2-1-3-13-31)49(77)66-38(20-11-25-62-53(58)59)47(75)69-41(28-33-30-63-35-17-7-6-16-34(33)35)50(78)65-36(45(55)73)18-8-9-23-60-43(71)29-42(51(79)67-39)70-46(74)37(19-10-24-61-52(56)57)64-44(72)27-32-14-4-5-15-32/h1-3,6-7,12-13,16-17,30,32,36-42,63H,4-5,8-11,14-15,18-29,54H2,(H2,55,73)(H,60,71)(H,64,72)(H,65,78)(H,66,77)(H,67,79)(H,68,76)(H,69,75)(H,70,74)(H4,56,57,61)(H4,58,59,62)/t36-,37-,38-,39-,40+,41-,42-/m0/s1. The molecule has 1 saturated carbocycles. The topological polar surface area (TPSA) is 446 Å². The normalized spacial score (nSPS) is 21.9. The largest absolute Gasteiger partial charge is 0.370 e. The summed E-state index contributed by atoms with van der Waals surface area (Å²) in [6.07, 6.45) is 5.59. The lowest BCUT2D eigenvalue weighted by atomic mass is 10.0. The SMILES string of the molecule is NCC[C@@H]1NC(=O)[C@@H](NC(=O)[C@H](CCCN=C(N)N)NC(=O)CC2CCCC2)CC(=O)NCCCC[C@@H](C(N)=O)NC(=O)[C@H](Cc2c[nH]c3ccccc23)NC(=O)[C@H](CCCN=C(N)N)NC(=O)[C@@H](Cc2ccccc2)NC1=O. The molecule has 21 N–H and O–H groups in total. The van der Waals surface area contributed by atoms with Crippen LogP contribution in [0.1, 0.15) is 101 Å². The van der Waals surface area contributed by atoms with E-state index in [1.54, 1.807) is 36.5 Å². The van der Waals surface area contributed by atoms with E-state index in [1.807, 2.05) is 24.3 Å². The molecule has 26 heteroatoms. The number of primary amides is 1. The molecule has 430 valence electrons. The maximum absolute atomic E-state index is 14.6. The second-order valence-corrected chi connectivity index (χ2v) is 20.0. The van der Waals surface area contributed by atoms with Crippen LogP contribution in [0.4, 0.5) is 0 Å². The van der Waals surface area contributed by atoms with Crippen molar-refractivity contribution in [2.24, 2.45) is 50.3 Å². The first-order valence-corrected chi connectivity index (χ1v) is 27.0. The minimum atomic E-state index is -1.62. The van der Waals surface area contributed by atoms with Crippen molar-refractivity contribution in [3.05, 3.63) is 71.9 Å². The average molecular weight is 1100 g/mol. The van der Waals surface area contributed by atoms with Crippen LogP contribution in [-0.2, 0) is 56.0 Å². The maximum atomic E-state index is 14.6. The molecule has 1 saturated heterocycles. The van der Waals surface area contributed by atoms with Crippen molar-refractivity contribution in [1.29, 1.82) is 0 Å². The quantitative estimate of drug-likeness (QED) is 0.0318. The van der Waals surface area contributed by atoms with Gasteiger partial charge in [0.15, 0.2) is 11.9 Å². The molecule has 79 heavy (non-hydrogen) atoms. The monoisotopic (exact) mass is 1100 g/mol. The fourth-order valence-electron chi connectivity index (χ4n) is 9.59. The number of carbonyl (C=O) groups excluding carboxylic acids is 9. The zero-order valence-corrected chi connectivity index (χ0v) is 44.6. The van der Waals surface area contributed by atoms with Crippen molar-refractivity contribution in [2.45, 2.75) is 145 Å². The molecule has 2 fully saturated rings. The highest BCUT2D eigenvalue weighted by molar-refractivity contribution is 5.99. The van der Waals surface area contributed by atoms with E-state index >= 15 is 0 Å². The third-order valence-corrected chi connectivity index (χ3v) is 13.8. The lowest BCUT2D eigenvalue weighted by Crippen LogP contribution is -2.61. The van der Waals surface area contributed by atoms with E-state index in [9.17, 15) is 43.2 Å². The number of hydrogen-bond donors (Lipinski definition) is 15. The molecular formula is C53H79N17O9. The third kappa shape index (κ3) is 20.9. The van der Waals surface area contributed by atoms with Crippen LogP contribution < -0.4 is 76.9 Å². The van der Waals surface area contributed by atoms with Gasteiger partial charge in [0.25, 0.3) is 0 Å². The van der Waals surface area contributed by atoms with Gasteiger partial charge < -0.3 is 81.9 Å². The Morgan fingerprint density at radius 2 is 1.23 bits per heavy atom. The summed E-state index contributed by atoms with van der Waals surface area (Å²) in [4.78, 5) is 138. The number of rotatable bonds is 20. The van der Waals surface area contributed by atoms with E-state index in [2.05, 4.69) is 57.5 Å². The van der Waals surface area contributed by atoms with Crippen LogP contribution in [0.3, 0.4) is 0 Å². The van der Waals surface area contributed by atoms with Crippen LogP contribution in [0, 0.1) is 5.92 Å². The lowest BCUT2D eigenvalue weighted by Gasteiger charge is -2.28. The number of para-hydroxylation sites is 1. The van der Waals surface area contributed by atoms with Gasteiger partial charge in [-0.15, -0.1) is 0 Å². The Balaban J connectivity index is 1.50. The Morgan fingerprint density at radius 3 is 1.90 bits per heavy atom. The molecule has 0 spiro atoms. The summed E-state index contributed by atoms with van der Waals surface area (Å²) >= 11 is 0. The van der Waals surface area contributed by atoms with Gasteiger partial charge in [0, 0.05) is 56.0 Å². The molecule has 26 nitrogen and oxygen atoms in total. The number of fused-ring (bicyclic) bond motifs is 1. The molecule has 0 unspecified atom stereocenters. The van der Waals surface area contributed by atoms with Gasteiger partial charge in [-0.2, -0.15) is 0 Å². The van der Waals surface area contributed by atoms with Gasteiger partial charge in [-0.1, -0.05) is 61.4 Å². The molecule has 2 aromatic carbocycles. The molecule has 2 aliphatic rings. The minimum absolute atomic E-state index is 0.0248. The first kappa shape index (κ1) is 61.6. The first-order chi connectivity index (χ1) is 37.9. The van der Waals surface area contributed by atoms with E-state index in [1.165, 1.54) is 0 Å². The average Bonchev–Trinajstić information content (AvgIpc) is 4.09. The van der Waals surface area contributed by atoms with Crippen LogP contribution in [0.2, 0.25) is 0 Å². The highest BCUT2D eigenvalue weighted by atomic mass is 16.2. The van der Waals surface area contributed by atoms with E-state index < -0.39 is 96.0 Å². The molecule has 9 amide bonds. The van der Waals surface area contributed by atoms with E-state index in [0.29, 0.717) is 11.1 Å². The Labute approximate surface area is 458 Å². The van der Waals surface area contributed by atoms with Crippen LogP contribution in [0.5, 0.6) is 0 Å². The number of carbonyl (C=O) groups is 9. The Bertz CT molecular complexity index is 2610. The number of nitrogens with two attached hydrogens (primary N) is 6. The van der Waals surface area contributed by atoms with Crippen molar-refractivity contribution in [3.63, 3.8) is 0 Å². The first-order valence-electron chi connectivity index (χ1n) is 27.0. The number of H-pyrrole nitrogens is 1. The smallest absolute Gasteiger partial charge is 0.243 e. The number of aromatic nitrogens is 1. The second kappa shape index (κ2) is 31.8. The fraction of sp³-hybridized carbons (Fsp3) is 0.528. The molecule has 1 aliphatic carbocycles. The predicted octanol–water partition coefficient (Wildman–Crippen LogP) is -2.44. The zero-order chi connectivity index (χ0) is 57.3. The number of hydrogen-bond acceptors (Lipinski definition) is 12. The summed E-state index contributed by atoms with van der Waals surface area (Å²) in [6, 6.07) is 6.44. The Kier molecular flexibility index (Phi) is 24.8. The van der Waals surface area contributed by atoms with Gasteiger partial charge in [0.2, 0.25) is 53.2 Å². The van der Waals surface area contributed by atoms with Crippen LogP contribution in [0.15, 0.2) is 70.8 Å². The number of nitrogens with one attached hydrogen (secondary N) is 9. The zero-order valence-electron chi connectivity index (χ0n) is 44.6. The van der Waals surface area contributed by atoms with Crippen molar-refractivity contribution < 1.29 is 43.2 Å². The predicted molar refractivity (Wildman–Crippen MR) is 296 cm³/mol. The fourth-order valence-corrected chi connectivity index (χ4v) is 9.59. The molecule has 5 rings (SSSR count). The van der Waals surface area contributed by atoms with E-state index in [-0.39, 0.29) is 121 Å². The summed E-state index contributed by atoms with van der Waals surface area (Å²) < 4.78 is 0. The Hall–Kier alpha value is -8.29. The summed E-state index contributed by atoms with van der Waals surface area (Å²) in [5, 5.41) is 22.5. The molecule has 1 aliphatic heterocycles. The highest BCUT2D eigenvalue weighted by Gasteiger charge is 2.35. The molecule has 2 heterocycles. The van der Waals surface area contributed by atoms with E-state index in [0.717, 1.165) is 36.6 Å². The van der Waals surface area contributed by atoms with Gasteiger partial charge in [-0.3, -0.25) is 53.1 Å². The number of aliphatic imine (C=N–C) groups is 2. The molecular weight excluding hydrogens is 1020 g/mol. The summed E-state index contributed by atoms with van der Waals surface area (Å²) in [7, 11) is 0. The van der Waals surface area contributed by atoms with E-state index in [4.69, 9.17) is 34.4 Å². The number of benzene rings is 2. The van der Waals surface area contributed by atoms with Crippen molar-refractivity contribution in [2.75, 3.05) is 26.2 Å². The molecule has 0 bridgehead atoms. The number of aromatic amines is 1. The van der Waals surface area contributed by atoms with Gasteiger partial charge in [0.05, 0.1) is 6.42 Å². The van der Waals surface area contributed by atoms with Gasteiger partial charge >= 0.3 is 0 Å². The summed E-state index contributed by atoms with van der Waals surface area (Å²) in [6.45, 7) is 0.0709. The van der Waals surface area contributed by atoms with Gasteiger partial charge in [0.1, 0.15) is 42.3 Å². The summed E-state index contributed by atoms with van der Waals surface area (Å²) in [5.74, 6) is -7.14. The highest BCUT2D eigenvalue weighted by Crippen LogP contribution is 2.27. The molecule has 0 radical (unpaired) electrons. The van der Waals surface area contributed by atoms with Crippen LogP contribution in [0.25, 0.3) is 10.9 Å². The molecule has 3 aromatic rings. The molecule has 7 atom stereocenters. The number of amides is 9. The van der Waals surface area contributed by atoms with Gasteiger partial charge in [-0.05, 0) is 93.9 Å². The van der Waals surface area contributed by atoms with Crippen LogP contribution in [-0.4, -0.2) is 139 Å². The summed E-state index contributed by atoms with van der Waals surface area (Å²) in [5.41, 5.74) is 36.0. The lowest BCUT2D eigenvalue weighted by molar-refractivity contribution is -0.136. The number of guanidine groups is 2. The third-order valence-electron chi connectivity index (χ3n) is 13.8. The molecule has 1 aromatic heterocycles. The second-order valence-electron chi connectivity index (χ2n) is 20.0. The minimum Gasteiger partial charge on any atom is -0.370 e. The van der Waals surface area contributed by atoms with Gasteiger partial charge in [-0.25, -0.2) is 0 Å². The van der Waals surface area contributed by atoms with Crippen molar-refractivity contribution in [3.8, 4) is 0 Å². The maximum Gasteiger partial charge on any atom is 0.243 e. The van der Waals surface area contributed by atoms with Crippen molar-refractivity contribution in [1.82, 2.24) is 47.5 Å². The van der Waals surface area contributed by atoms with Crippen LogP contribution >= 0.6 is 0 Å². The van der Waals surface area contributed by atoms with Crippen molar-refractivity contribution >= 4 is 76.0 Å². The Morgan fingerprint density at radius 1 is 0.646 bits per heavy atom.